The molecule has 2 heterocycles. The molecular weight excluding hydrogens is 608 g/mol. The van der Waals surface area contributed by atoms with Gasteiger partial charge in [-0.05, 0) is 63.0 Å². The molecule has 8 N–H and O–H groups in total. The third kappa shape index (κ3) is 12.0. The summed E-state index contributed by atoms with van der Waals surface area (Å²) in [6, 6.07) is 5.52. The first-order chi connectivity index (χ1) is 22.5. The van der Waals surface area contributed by atoms with Gasteiger partial charge in [0.2, 0.25) is 23.6 Å². The van der Waals surface area contributed by atoms with E-state index in [0.29, 0.717) is 37.7 Å². The minimum atomic E-state index is -1.23. The lowest BCUT2D eigenvalue weighted by Gasteiger charge is -2.27. The number of likely N-dealkylation sites (tertiary alicyclic amines) is 1. The summed E-state index contributed by atoms with van der Waals surface area (Å²) in [4.78, 5) is 79.4. The van der Waals surface area contributed by atoms with E-state index in [4.69, 9.17) is 15.9 Å². The Hall–Kier alpha value is -4.53. The lowest BCUT2D eigenvalue weighted by molar-refractivity contribution is -0.156. The number of carbonyl (C=O) groups excluding carboxylic acids is 6. The highest BCUT2D eigenvalue weighted by Crippen LogP contribution is 2.18. The molecule has 0 bridgehead atoms. The van der Waals surface area contributed by atoms with E-state index < -0.39 is 47.6 Å². The number of nitrogens with two attached hydrogens (primary N) is 1. The van der Waals surface area contributed by atoms with Gasteiger partial charge in [-0.15, -0.1) is 0 Å². The minimum absolute atomic E-state index is 0.0569. The fraction of sp³-hybridized carbons (Fsp3) is 0.594. The second kappa shape index (κ2) is 18.6. The van der Waals surface area contributed by atoms with Crippen molar-refractivity contribution < 1.29 is 33.5 Å². The molecule has 4 amide bonds. The van der Waals surface area contributed by atoms with Crippen LogP contribution in [0.2, 0.25) is 0 Å². The van der Waals surface area contributed by atoms with Gasteiger partial charge in [-0.1, -0.05) is 44.2 Å². The Morgan fingerprint density at radius 2 is 1.72 bits per heavy atom. The molecule has 0 aromatic heterocycles. The van der Waals surface area contributed by atoms with Crippen LogP contribution in [-0.4, -0.2) is 96.6 Å². The Morgan fingerprint density at radius 1 is 1.00 bits per heavy atom. The van der Waals surface area contributed by atoms with Crippen molar-refractivity contribution in [3.8, 4) is 0 Å². The molecule has 0 radical (unpaired) electrons. The van der Waals surface area contributed by atoms with Crippen LogP contribution in [0.1, 0.15) is 64.4 Å². The Morgan fingerprint density at radius 3 is 2.38 bits per heavy atom. The predicted octanol–water partition coefficient (Wildman–Crippen LogP) is -0.563. The molecule has 15 heteroatoms. The Bertz CT molecular complexity index is 1270. The molecule has 1 aromatic rings. The van der Waals surface area contributed by atoms with Crippen molar-refractivity contribution in [1.29, 1.82) is 5.41 Å². The van der Waals surface area contributed by atoms with Crippen molar-refractivity contribution >= 4 is 41.3 Å². The highest BCUT2D eigenvalue weighted by molar-refractivity contribution is 6.36. The summed E-state index contributed by atoms with van der Waals surface area (Å²) in [5, 5.41) is 21.1. The maximum atomic E-state index is 13.4. The Balaban J connectivity index is 1.59. The van der Waals surface area contributed by atoms with Crippen LogP contribution in [0.4, 0.5) is 0 Å². The van der Waals surface area contributed by atoms with Crippen LogP contribution in [0.3, 0.4) is 0 Å². The van der Waals surface area contributed by atoms with Gasteiger partial charge in [-0.2, -0.15) is 0 Å². The molecule has 0 unspecified atom stereocenters. The fourth-order valence-electron chi connectivity index (χ4n) is 5.61. The maximum absolute atomic E-state index is 13.4. The summed E-state index contributed by atoms with van der Waals surface area (Å²) in [5.41, 5.74) is 6.01. The number of amides is 4. The van der Waals surface area contributed by atoms with E-state index in [0.717, 1.165) is 13.0 Å². The number of nitrogens with one attached hydrogen (secondary N) is 6. The molecule has 2 saturated heterocycles. The zero-order valence-corrected chi connectivity index (χ0v) is 27.1. The van der Waals surface area contributed by atoms with E-state index in [2.05, 4.69) is 26.6 Å². The van der Waals surface area contributed by atoms with Crippen LogP contribution in [0.25, 0.3) is 0 Å². The molecule has 2 fully saturated rings. The van der Waals surface area contributed by atoms with Crippen LogP contribution in [-0.2, 0) is 40.1 Å². The third-order valence-corrected chi connectivity index (χ3v) is 8.04. The van der Waals surface area contributed by atoms with Crippen molar-refractivity contribution in [3.05, 3.63) is 35.9 Å². The van der Waals surface area contributed by atoms with Crippen molar-refractivity contribution in [2.45, 2.75) is 89.6 Å². The second-order valence-electron chi connectivity index (χ2n) is 12.3. The zero-order valence-electron chi connectivity index (χ0n) is 27.1. The van der Waals surface area contributed by atoms with Crippen molar-refractivity contribution in [2.24, 2.45) is 11.7 Å². The number of hydrogen-bond donors (Lipinski definition) is 7. The summed E-state index contributed by atoms with van der Waals surface area (Å²) >= 11 is 0. The molecule has 4 atom stereocenters. The molecule has 0 spiro atoms. The summed E-state index contributed by atoms with van der Waals surface area (Å²) in [7, 11) is 0. The Labute approximate surface area is 275 Å². The van der Waals surface area contributed by atoms with E-state index in [9.17, 15) is 28.8 Å². The van der Waals surface area contributed by atoms with Gasteiger partial charge in [0.1, 0.15) is 18.7 Å². The monoisotopic (exact) mass is 656 g/mol. The molecule has 47 heavy (non-hydrogen) atoms. The van der Waals surface area contributed by atoms with Gasteiger partial charge >= 0.3 is 5.97 Å². The van der Waals surface area contributed by atoms with E-state index in [-0.39, 0.29) is 56.5 Å². The van der Waals surface area contributed by atoms with E-state index in [1.54, 1.807) is 30.3 Å². The van der Waals surface area contributed by atoms with Gasteiger partial charge in [-0.25, -0.2) is 4.79 Å². The summed E-state index contributed by atoms with van der Waals surface area (Å²) < 4.78 is 5.19. The lowest BCUT2D eigenvalue weighted by atomic mass is 10.0. The minimum Gasteiger partial charge on any atom is -0.455 e. The van der Waals surface area contributed by atoms with Gasteiger partial charge in [0.05, 0.1) is 18.6 Å². The highest BCUT2D eigenvalue weighted by Gasteiger charge is 2.37. The van der Waals surface area contributed by atoms with Gasteiger partial charge in [-0.3, -0.25) is 29.4 Å². The largest absolute Gasteiger partial charge is 0.455 e. The number of ether oxygens (including phenoxy) is 1. The first kappa shape index (κ1) is 36.9. The van der Waals surface area contributed by atoms with E-state index >= 15 is 0 Å². The van der Waals surface area contributed by atoms with Crippen molar-refractivity contribution in [1.82, 2.24) is 31.5 Å². The topological polar surface area (TPSA) is 225 Å². The van der Waals surface area contributed by atoms with Gasteiger partial charge < -0.3 is 42.0 Å². The van der Waals surface area contributed by atoms with Crippen LogP contribution in [0.5, 0.6) is 0 Å². The second-order valence-corrected chi connectivity index (χ2v) is 12.3. The van der Waals surface area contributed by atoms with Crippen LogP contribution >= 0.6 is 0 Å². The zero-order chi connectivity index (χ0) is 34.3. The SMILES string of the molecule is CC(C)C[C@H](NC(=O)[C@@H]1CCCN1)C(=O)NCC(=O)N1CCC[C@H]1C(=O)N[C@H](CCCNC(=N)N)C(=O)C(=O)OCc1ccccc1. The average molecular weight is 657 g/mol. The number of nitrogens with zero attached hydrogens (tertiary/aromatic N) is 1. The number of hydrogen-bond acceptors (Lipinski definition) is 9. The molecule has 15 nitrogen and oxygen atoms in total. The van der Waals surface area contributed by atoms with E-state index in [1.165, 1.54) is 4.90 Å². The number of Topliss-reactive ketones (excluding diaryl/α,β-unsaturated/α-hetero) is 1. The van der Waals surface area contributed by atoms with Gasteiger partial charge in [0.25, 0.3) is 5.78 Å². The van der Waals surface area contributed by atoms with E-state index in [1.807, 2.05) is 13.8 Å². The molecule has 0 aliphatic carbocycles. The number of esters is 1. The van der Waals surface area contributed by atoms with Crippen molar-refractivity contribution in [2.75, 3.05) is 26.2 Å². The number of benzene rings is 1. The summed E-state index contributed by atoms with van der Waals surface area (Å²) in [5.74, 6) is -4.03. The molecule has 1 aromatic carbocycles. The van der Waals surface area contributed by atoms with Crippen LogP contribution in [0.15, 0.2) is 30.3 Å². The third-order valence-electron chi connectivity index (χ3n) is 8.04. The molecule has 2 aliphatic rings. The van der Waals surface area contributed by atoms with Crippen LogP contribution < -0.4 is 32.3 Å². The predicted molar refractivity (Wildman–Crippen MR) is 172 cm³/mol. The normalized spacial score (nSPS) is 18.6. The van der Waals surface area contributed by atoms with Gasteiger partial charge in [0.15, 0.2) is 5.96 Å². The standard InChI is InChI=1S/C32H48N8O7/c1-20(2)17-24(39-29(44)23-12-7-14-35-23)28(43)37-18-26(41)40-16-8-13-25(40)30(45)38-22(11-6-15-36-32(33)34)27(42)31(46)47-19-21-9-4-3-5-10-21/h3-5,9-10,20,22-25,35H,6-8,11-19H2,1-2H3,(H,37,43)(H,38,45)(H,39,44)(H4,33,34,36)/t22-,23+,24+,25+/m1/s1. The van der Waals surface area contributed by atoms with Gasteiger partial charge in [0, 0.05) is 13.1 Å². The van der Waals surface area contributed by atoms with Crippen molar-refractivity contribution in [3.63, 3.8) is 0 Å². The molecular formula is C32H48N8O7. The first-order valence-electron chi connectivity index (χ1n) is 16.2. The lowest BCUT2D eigenvalue weighted by Crippen LogP contribution is -2.55. The first-order valence-corrected chi connectivity index (χ1v) is 16.2. The highest BCUT2D eigenvalue weighted by atomic mass is 16.5. The number of guanidine groups is 1. The Kier molecular flexibility index (Phi) is 14.6. The van der Waals surface area contributed by atoms with Crippen LogP contribution in [0, 0.1) is 11.3 Å². The summed E-state index contributed by atoms with van der Waals surface area (Å²) in [6.45, 7) is 4.61. The summed E-state index contributed by atoms with van der Waals surface area (Å²) in [6.07, 6.45) is 3.17. The molecule has 0 saturated carbocycles. The molecule has 3 rings (SSSR count). The molecule has 2 aliphatic heterocycles. The quantitative estimate of drug-likeness (QED) is 0.0372. The molecule has 258 valence electrons. The smallest absolute Gasteiger partial charge is 0.377 e. The number of rotatable bonds is 17. The maximum Gasteiger partial charge on any atom is 0.377 e. The average Bonchev–Trinajstić information content (AvgIpc) is 3.77. The fourth-order valence-corrected chi connectivity index (χ4v) is 5.61. The number of ketones is 1. The number of carbonyl (C=O) groups is 6.